The van der Waals surface area contributed by atoms with Crippen LogP contribution < -0.4 is 5.32 Å². The van der Waals surface area contributed by atoms with Gasteiger partial charge < -0.3 is 14.3 Å². The standard InChI is InChI=1S/C48H34N4O/c1-48(2)38-21-11-9-18-32(38)36-28-41-37(27-39(36)48)33-19-10-12-22-40(33)52(41)31-24-25-34-43(26-31)53-42-23-13-20-35(44(34)42)47-50-45(29-14-5-3-6-15-29)49-46(51-47)30-16-7-4-8-17-30/h3-28,45H,1-2H3,(H,49,50,51). The Labute approximate surface area is 306 Å². The predicted molar refractivity (Wildman–Crippen MR) is 217 cm³/mol. The Morgan fingerprint density at radius 3 is 2.21 bits per heavy atom. The van der Waals surface area contributed by atoms with E-state index in [0.29, 0.717) is 5.84 Å². The molecule has 1 aliphatic heterocycles. The van der Waals surface area contributed by atoms with Gasteiger partial charge >= 0.3 is 0 Å². The molecular weight excluding hydrogens is 649 g/mol. The highest BCUT2D eigenvalue weighted by atomic mass is 16.3. The van der Waals surface area contributed by atoms with Gasteiger partial charge in [0.15, 0.2) is 5.84 Å². The Bertz CT molecular complexity index is 3000. The van der Waals surface area contributed by atoms with E-state index < -0.39 is 0 Å². The van der Waals surface area contributed by atoms with Gasteiger partial charge in [0.25, 0.3) is 0 Å². The summed E-state index contributed by atoms with van der Waals surface area (Å²) < 4.78 is 9.08. The molecule has 1 atom stereocenters. The predicted octanol–water partition coefficient (Wildman–Crippen LogP) is 11.5. The average Bonchev–Trinajstić information content (AvgIpc) is 3.82. The molecule has 5 nitrogen and oxygen atoms in total. The molecule has 0 saturated carbocycles. The number of benzene rings is 7. The van der Waals surface area contributed by atoms with Crippen molar-refractivity contribution >= 4 is 55.4 Å². The molecule has 0 saturated heterocycles. The van der Waals surface area contributed by atoms with E-state index in [1.54, 1.807) is 0 Å². The van der Waals surface area contributed by atoms with Crippen LogP contribution in [0.5, 0.6) is 0 Å². The summed E-state index contributed by atoms with van der Waals surface area (Å²) in [4.78, 5) is 10.3. The topological polar surface area (TPSA) is 54.8 Å². The molecule has 5 heteroatoms. The number of hydrogen-bond donors (Lipinski definition) is 1. The lowest BCUT2D eigenvalue weighted by molar-refractivity contribution is 0.661. The van der Waals surface area contributed by atoms with Gasteiger partial charge in [0, 0.05) is 49.8 Å². The number of aliphatic imine (C=N–C) groups is 2. The van der Waals surface area contributed by atoms with Gasteiger partial charge in [0.1, 0.15) is 23.2 Å². The van der Waals surface area contributed by atoms with Crippen LogP contribution in [0.25, 0.3) is 60.6 Å². The molecule has 0 radical (unpaired) electrons. The lowest BCUT2D eigenvalue weighted by Gasteiger charge is -2.23. The third-order valence-electron chi connectivity index (χ3n) is 11.3. The minimum absolute atomic E-state index is 0.0695. The zero-order valence-electron chi connectivity index (χ0n) is 29.3. The van der Waals surface area contributed by atoms with E-state index in [2.05, 4.69) is 133 Å². The number of aromatic nitrogens is 1. The van der Waals surface area contributed by atoms with Crippen LogP contribution in [-0.2, 0) is 5.41 Å². The van der Waals surface area contributed by atoms with Crippen LogP contribution in [0.2, 0.25) is 0 Å². The summed E-state index contributed by atoms with van der Waals surface area (Å²) in [7, 11) is 0. The van der Waals surface area contributed by atoms with Crippen molar-refractivity contribution in [1.29, 1.82) is 0 Å². The maximum atomic E-state index is 6.69. The van der Waals surface area contributed by atoms with Crippen molar-refractivity contribution in [2.45, 2.75) is 25.4 Å². The first-order chi connectivity index (χ1) is 26.0. The van der Waals surface area contributed by atoms with E-state index in [4.69, 9.17) is 14.4 Å². The molecule has 7 aromatic carbocycles. The quantitative estimate of drug-likeness (QED) is 0.201. The van der Waals surface area contributed by atoms with Crippen LogP contribution in [0.3, 0.4) is 0 Å². The molecule has 3 heterocycles. The van der Waals surface area contributed by atoms with Crippen molar-refractivity contribution in [3.8, 4) is 16.8 Å². The van der Waals surface area contributed by atoms with Gasteiger partial charge in [-0.2, -0.15) is 0 Å². The molecule has 252 valence electrons. The van der Waals surface area contributed by atoms with Gasteiger partial charge in [0.05, 0.1) is 11.0 Å². The van der Waals surface area contributed by atoms with Crippen molar-refractivity contribution < 1.29 is 4.42 Å². The first kappa shape index (κ1) is 30.0. The Kier molecular flexibility index (Phi) is 6.30. The molecular formula is C48H34N4O. The van der Waals surface area contributed by atoms with Crippen molar-refractivity contribution in [2.75, 3.05) is 0 Å². The van der Waals surface area contributed by atoms with Crippen LogP contribution in [0.15, 0.2) is 172 Å². The summed E-state index contributed by atoms with van der Waals surface area (Å²) in [5, 5.41) is 8.13. The fourth-order valence-electron chi connectivity index (χ4n) is 8.70. The van der Waals surface area contributed by atoms with Crippen LogP contribution in [0.4, 0.5) is 0 Å². The Morgan fingerprint density at radius 2 is 1.34 bits per heavy atom. The first-order valence-corrected chi connectivity index (χ1v) is 18.2. The number of para-hydroxylation sites is 1. The highest BCUT2D eigenvalue weighted by Crippen LogP contribution is 2.51. The van der Waals surface area contributed by atoms with Crippen LogP contribution in [0.1, 0.15) is 47.8 Å². The molecule has 11 rings (SSSR count). The van der Waals surface area contributed by atoms with Gasteiger partial charge in [-0.15, -0.1) is 0 Å². The van der Waals surface area contributed by atoms with Crippen molar-refractivity contribution in [3.05, 3.63) is 186 Å². The minimum atomic E-state index is -0.284. The molecule has 0 amide bonds. The summed E-state index contributed by atoms with van der Waals surface area (Å²) in [6.45, 7) is 4.69. The molecule has 1 N–H and O–H groups in total. The van der Waals surface area contributed by atoms with Crippen molar-refractivity contribution in [1.82, 2.24) is 9.88 Å². The summed E-state index contributed by atoms with van der Waals surface area (Å²) >= 11 is 0. The number of furan rings is 1. The monoisotopic (exact) mass is 682 g/mol. The normalized spacial score (nSPS) is 16.1. The smallest absolute Gasteiger partial charge is 0.160 e. The molecule has 1 aliphatic carbocycles. The van der Waals surface area contributed by atoms with E-state index >= 15 is 0 Å². The lowest BCUT2D eigenvalue weighted by Crippen LogP contribution is -2.33. The third-order valence-corrected chi connectivity index (χ3v) is 11.3. The molecule has 53 heavy (non-hydrogen) atoms. The fraction of sp³-hybridized carbons (Fsp3) is 0.0833. The maximum absolute atomic E-state index is 6.69. The number of rotatable bonds is 4. The number of nitrogens with zero attached hydrogens (tertiary/aromatic N) is 3. The Balaban J connectivity index is 1.10. The SMILES string of the molecule is CC1(C)c2ccccc2-c2cc3c(cc21)c1ccccc1n3-c1ccc2c(c1)oc1cccc(C3=NC(c4ccccc4)NC(c4ccccc4)=N3)c12. The highest BCUT2D eigenvalue weighted by molar-refractivity contribution is 6.22. The van der Waals surface area contributed by atoms with Gasteiger partial charge in [0.2, 0.25) is 0 Å². The van der Waals surface area contributed by atoms with Crippen LogP contribution in [0, 0.1) is 0 Å². The zero-order valence-corrected chi connectivity index (χ0v) is 29.3. The Morgan fingerprint density at radius 1 is 0.585 bits per heavy atom. The molecule has 1 unspecified atom stereocenters. The molecule has 9 aromatic rings. The maximum Gasteiger partial charge on any atom is 0.160 e. The van der Waals surface area contributed by atoms with Crippen molar-refractivity contribution in [2.24, 2.45) is 9.98 Å². The second-order valence-corrected chi connectivity index (χ2v) is 14.6. The van der Waals surface area contributed by atoms with Crippen molar-refractivity contribution in [3.63, 3.8) is 0 Å². The van der Waals surface area contributed by atoms with Crippen LogP contribution >= 0.6 is 0 Å². The summed E-state index contributed by atoms with van der Waals surface area (Å²) in [5.41, 5.74) is 13.4. The van der Waals surface area contributed by atoms with Crippen LogP contribution in [-0.4, -0.2) is 16.2 Å². The summed E-state index contributed by atoms with van der Waals surface area (Å²) in [6.07, 6.45) is -0.284. The highest BCUT2D eigenvalue weighted by Gasteiger charge is 2.36. The van der Waals surface area contributed by atoms with E-state index in [0.717, 1.165) is 50.2 Å². The largest absolute Gasteiger partial charge is 0.456 e. The van der Waals surface area contributed by atoms with Gasteiger partial charge in [-0.3, -0.25) is 0 Å². The second kappa shape index (κ2) is 11.1. The van der Waals surface area contributed by atoms with E-state index in [-0.39, 0.29) is 11.6 Å². The Hall–Kier alpha value is -6.72. The van der Waals surface area contributed by atoms with E-state index in [1.807, 2.05) is 48.5 Å². The summed E-state index contributed by atoms with van der Waals surface area (Å²) in [5.74, 6) is 1.47. The zero-order chi connectivity index (χ0) is 35.3. The second-order valence-electron chi connectivity index (χ2n) is 14.6. The fourth-order valence-corrected chi connectivity index (χ4v) is 8.70. The molecule has 2 aliphatic rings. The lowest BCUT2D eigenvalue weighted by atomic mass is 9.82. The number of nitrogens with one attached hydrogen (secondary N) is 1. The minimum Gasteiger partial charge on any atom is -0.456 e. The van der Waals surface area contributed by atoms with Gasteiger partial charge in [-0.05, 0) is 64.2 Å². The number of amidine groups is 2. The van der Waals surface area contributed by atoms with Gasteiger partial charge in [-0.1, -0.05) is 129 Å². The average molecular weight is 683 g/mol. The van der Waals surface area contributed by atoms with E-state index in [9.17, 15) is 0 Å². The molecule has 0 fully saturated rings. The number of hydrogen-bond acceptors (Lipinski definition) is 4. The number of fused-ring (bicyclic) bond motifs is 9. The third kappa shape index (κ3) is 4.44. The van der Waals surface area contributed by atoms with Gasteiger partial charge in [-0.25, -0.2) is 9.98 Å². The first-order valence-electron chi connectivity index (χ1n) is 18.2. The molecule has 0 bridgehead atoms. The molecule has 2 aromatic heterocycles. The molecule has 0 spiro atoms. The van der Waals surface area contributed by atoms with E-state index in [1.165, 1.54) is 44.1 Å². The summed E-state index contributed by atoms with van der Waals surface area (Å²) in [6, 6.07) is 55.8.